The van der Waals surface area contributed by atoms with E-state index < -0.39 is 0 Å². The second-order valence-corrected chi connectivity index (χ2v) is 6.96. The first kappa shape index (κ1) is 17.7. The molecule has 0 atom stereocenters. The van der Waals surface area contributed by atoms with Crippen molar-refractivity contribution in [2.24, 2.45) is 0 Å². The van der Waals surface area contributed by atoms with Crippen LogP contribution >= 0.6 is 0 Å². The molecule has 138 valence electrons. The summed E-state index contributed by atoms with van der Waals surface area (Å²) < 4.78 is 20.1. The molecule has 0 saturated carbocycles. The summed E-state index contributed by atoms with van der Waals surface area (Å²) in [6, 6.07) is 19.0. The van der Waals surface area contributed by atoms with Gasteiger partial charge in [-0.1, -0.05) is 30.3 Å². The van der Waals surface area contributed by atoms with Crippen molar-refractivity contribution in [3.05, 3.63) is 84.4 Å². The van der Waals surface area contributed by atoms with Crippen LogP contribution in [-0.4, -0.2) is 29.1 Å². The molecule has 1 aliphatic heterocycles. The molecular weight excluding hydrogens is 339 g/mol. The summed E-state index contributed by atoms with van der Waals surface area (Å²) in [5, 5.41) is 0. The number of nitrogens with zero attached hydrogens (tertiary/aromatic N) is 2. The lowest BCUT2D eigenvalue weighted by molar-refractivity contribution is 0.0972. The monoisotopic (exact) mass is 362 g/mol. The summed E-state index contributed by atoms with van der Waals surface area (Å²) in [4.78, 5) is 6.50. The molecule has 3 aromatic rings. The molecular formula is C23H23FN2O. The maximum absolute atomic E-state index is 13.8. The summed E-state index contributed by atoms with van der Waals surface area (Å²) in [5.41, 5.74) is 3.04. The first-order chi connectivity index (χ1) is 13.3. The zero-order valence-electron chi connectivity index (χ0n) is 15.2. The molecule has 0 unspecified atom stereocenters. The van der Waals surface area contributed by atoms with Gasteiger partial charge in [0, 0.05) is 37.6 Å². The van der Waals surface area contributed by atoms with Crippen LogP contribution in [0.1, 0.15) is 18.4 Å². The predicted molar refractivity (Wildman–Crippen MR) is 105 cm³/mol. The number of halogens is 1. The van der Waals surface area contributed by atoms with E-state index in [1.165, 1.54) is 17.7 Å². The molecule has 3 nitrogen and oxygen atoms in total. The van der Waals surface area contributed by atoms with E-state index in [9.17, 15) is 4.39 Å². The molecule has 0 aliphatic carbocycles. The quantitative estimate of drug-likeness (QED) is 0.643. The fourth-order valence-electron chi connectivity index (χ4n) is 3.57. The number of ether oxygens (including phenoxy) is 1. The van der Waals surface area contributed by atoms with E-state index in [1.807, 2.05) is 18.2 Å². The Morgan fingerprint density at radius 2 is 1.70 bits per heavy atom. The van der Waals surface area contributed by atoms with Gasteiger partial charge in [0.15, 0.2) is 0 Å². The number of hydrogen-bond acceptors (Lipinski definition) is 3. The van der Waals surface area contributed by atoms with Gasteiger partial charge in [0.2, 0.25) is 0 Å². The van der Waals surface area contributed by atoms with E-state index >= 15 is 0 Å². The van der Waals surface area contributed by atoms with E-state index in [0.717, 1.165) is 49.4 Å². The minimum absolute atomic E-state index is 0.156. The molecule has 0 spiro atoms. The minimum Gasteiger partial charge on any atom is -0.490 e. The SMILES string of the molecule is Fc1ccc(OC2CCN(Cc3ccccc3)CC2)c(-c2ccncc2)c1. The summed E-state index contributed by atoms with van der Waals surface area (Å²) in [6.45, 7) is 2.99. The normalized spacial score (nSPS) is 15.6. The third-order valence-electron chi connectivity index (χ3n) is 5.01. The first-order valence-corrected chi connectivity index (χ1v) is 9.41. The number of pyridine rings is 1. The van der Waals surface area contributed by atoms with Crippen molar-refractivity contribution < 1.29 is 9.13 Å². The summed E-state index contributed by atoms with van der Waals surface area (Å²) in [6.07, 6.45) is 5.53. The fourth-order valence-corrected chi connectivity index (χ4v) is 3.57. The molecule has 0 bridgehead atoms. The summed E-state index contributed by atoms with van der Waals surface area (Å²) in [5.74, 6) is 0.482. The molecule has 0 amide bonds. The number of aromatic nitrogens is 1. The van der Waals surface area contributed by atoms with Gasteiger partial charge >= 0.3 is 0 Å². The van der Waals surface area contributed by atoms with Gasteiger partial charge in [-0.25, -0.2) is 4.39 Å². The number of piperidine rings is 1. The second-order valence-electron chi connectivity index (χ2n) is 6.96. The Labute approximate surface area is 159 Å². The Morgan fingerprint density at radius 3 is 2.44 bits per heavy atom. The van der Waals surface area contributed by atoms with Crippen LogP contribution in [-0.2, 0) is 6.54 Å². The lowest BCUT2D eigenvalue weighted by Gasteiger charge is -2.32. The molecule has 0 radical (unpaired) electrons. The van der Waals surface area contributed by atoms with Gasteiger partial charge in [-0.2, -0.15) is 0 Å². The largest absolute Gasteiger partial charge is 0.490 e. The van der Waals surface area contributed by atoms with Gasteiger partial charge in [0.25, 0.3) is 0 Å². The highest BCUT2D eigenvalue weighted by Gasteiger charge is 2.22. The zero-order valence-corrected chi connectivity index (χ0v) is 15.2. The van der Waals surface area contributed by atoms with Crippen molar-refractivity contribution in [1.82, 2.24) is 9.88 Å². The molecule has 1 aromatic heterocycles. The van der Waals surface area contributed by atoms with Crippen LogP contribution in [0.5, 0.6) is 5.75 Å². The molecule has 2 heterocycles. The van der Waals surface area contributed by atoms with Crippen LogP contribution in [0.3, 0.4) is 0 Å². The fraction of sp³-hybridized carbons (Fsp3) is 0.261. The van der Waals surface area contributed by atoms with E-state index in [2.05, 4.69) is 34.1 Å². The van der Waals surface area contributed by atoms with Crippen molar-refractivity contribution in [3.63, 3.8) is 0 Å². The van der Waals surface area contributed by atoms with E-state index in [-0.39, 0.29) is 11.9 Å². The Bertz CT molecular complexity index is 862. The third-order valence-corrected chi connectivity index (χ3v) is 5.01. The van der Waals surface area contributed by atoms with Crippen molar-refractivity contribution in [2.75, 3.05) is 13.1 Å². The highest BCUT2D eigenvalue weighted by Crippen LogP contribution is 2.32. The summed E-state index contributed by atoms with van der Waals surface area (Å²) in [7, 11) is 0. The molecule has 4 heteroatoms. The Hall–Kier alpha value is -2.72. The van der Waals surface area contributed by atoms with Crippen LogP contribution in [0.2, 0.25) is 0 Å². The molecule has 1 saturated heterocycles. The van der Waals surface area contributed by atoms with Crippen LogP contribution < -0.4 is 4.74 Å². The molecule has 1 aliphatic rings. The minimum atomic E-state index is -0.258. The molecule has 27 heavy (non-hydrogen) atoms. The average molecular weight is 362 g/mol. The van der Waals surface area contributed by atoms with Gasteiger partial charge in [0.05, 0.1) is 0 Å². The topological polar surface area (TPSA) is 25.4 Å². The van der Waals surface area contributed by atoms with Crippen molar-refractivity contribution in [3.8, 4) is 16.9 Å². The van der Waals surface area contributed by atoms with E-state index in [0.29, 0.717) is 0 Å². The maximum atomic E-state index is 13.8. The number of benzene rings is 2. The van der Waals surface area contributed by atoms with Crippen molar-refractivity contribution >= 4 is 0 Å². The maximum Gasteiger partial charge on any atom is 0.127 e. The standard InChI is InChI=1S/C23H23FN2O/c24-20-6-7-23(22(16-20)19-8-12-25-13-9-19)27-21-10-14-26(15-11-21)17-18-4-2-1-3-5-18/h1-9,12-13,16,21H,10-11,14-15,17H2. The third kappa shape index (κ3) is 4.52. The molecule has 0 N–H and O–H groups in total. The van der Waals surface area contributed by atoms with Gasteiger partial charge in [-0.15, -0.1) is 0 Å². The smallest absolute Gasteiger partial charge is 0.127 e. The highest BCUT2D eigenvalue weighted by atomic mass is 19.1. The molecule has 4 rings (SSSR count). The zero-order chi connectivity index (χ0) is 18.5. The Kier molecular flexibility index (Phi) is 5.45. The number of likely N-dealkylation sites (tertiary alicyclic amines) is 1. The lowest BCUT2D eigenvalue weighted by Crippen LogP contribution is -2.37. The van der Waals surface area contributed by atoms with Gasteiger partial charge in [0.1, 0.15) is 17.7 Å². The van der Waals surface area contributed by atoms with Gasteiger partial charge in [-0.05, 0) is 54.3 Å². The molecule has 2 aromatic carbocycles. The van der Waals surface area contributed by atoms with E-state index in [4.69, 9.17) is 4.74 Å². The van der Waals surface area contributed by atoms with Crippen LogP contribution in [0.4, 0.5) is 4.39 Å². The van der Waals surface area contributed by atoms with Gasteiger partial charge < -0.3 is 4.74 Å². The van der Waals surface area contributed by atoms with Crippen molar-refractivity contribution in [1.29, 1.82) is 0 Å². The summed E-state index contributed by atoms with van der Waals surface area (Å²) >= 11 is 0. The Morgan fingerprint density at radius 1 is 0.963 bits per heavy atom. The predicted octanol–water partition coefficient (Wildman–Crippen LogP) is 4.93. The molecule has 1 fully saturated rings. The lowest BCUT2D eigenvalue weighted by atomic mass is 10.0. The van der Waals surface area contributed by atoms with Crippen LogP contribution in [0.25, 0.3) is 11.1 Å². The van der Waals surface area contributed by atoms with Crippen LogP contribution in [0.15, 0.2) is 73.1 Å². The highest BCUT2D eigenvalue weighted by molar-refractivity contribution is 5.70. The first-order valence-electron chi connectivity index (χ1n) is 9.41. The number of hydrogen-bond donors (Lipinski definition) is 0. The van der Waals surface area contributed by atoms with Crippen LogP contribution in [0, 0.1) is 5.82 Å². The second kappa shape index (κ2) is 8.31. The van der Waals surface area contributed by atoms with Gasteiger partial charge in [-0.3, -0.25) is 9.88 Å². The number of rotatable bonds is 5. The van der Waals surface area contributed by atoms with Crippen molar-refractivity contribution in [2.45, 2.75) is 25.5 Å². The average Bonchev–Trinajstić information content (AvgIpc) is 2.72. The Balaban J connectivity index is 1.41. The van der Waals surface area contributed by atoms with E-state index in [1.54, 1.807) is 18.5 Å².